The summed E-state index contributed by atoms with van der Waals surface area (Å²) in [6, 6.07) is 0.583. The van der Waals surface area contributed by atoms with Gasteiger partial charge in [-0.05, 0) is 45.4 Å². The number of hydrogen-bond donors (Lipinski definition) is 1. The van der Waals surface area contributed by atoms with Crippen LogP contribution < -0.4 is 5.73 Å². The van der Waals surface area contributed by atoms with Crippen LogP contribution in [0, 0.1) is 5.92 Å². The number of nitrogens with two attached hydrogens (primary N) is 1. The first-order chi connectivity index (χ1) is 8.60. The van der Waals surface area contributed by atoms with E-state index in [0.717, 1.165) is 38.8 Å². The van der Waals surface area contributed by atoms with Gasteiger partial charge >= 0.3 is 0 Å². The van der Waals surface area contributed by atoms with Crippen molar-refractivity contribution in [1.82, 2.24) is 4.90 Å². The smallest absolute Gasteiger partial charge is 0.223 e. The summed E-state index contributed by atoms with van der Waals surface area (Å²) in [7, 11) is 0. The van der Waals surface area contributed by atoms with E-state index in [1.165, 1.54) is 0 Å². The van der Waals surface area contributed by atoms with Gasteiger partial charge in [-0.3, -0.25) is 4.79 Å². The molecule has 1 saturated carbocycles. The maximum atomic E-state index is 12.2. The molecule has 2 N–H and O–H groups in total. The second kappa shape index (κ2) is 6.02. The van der Waals surface area contributed by atoms with Crippen LogP contribution in [0.15, 0.2) is 0 Å². The van der Waals surface area contributed by atoms with Crippen LogP contribution in [-0.4, -0.2) is 42.1 Å². The Morgan fingerprint density at radius 1 is 1.39 bits per heavy atom. The molecule has 2 fully saturated rings. The molecule has 1 aliphatic heterocycles. The van der Waals surface area contributed by atoms with Crippen molar-refractivity contribution in [1.29, 1.82) is 0 Å². The Kier molecular flexibility index (Phi) is 4.62. The summed E-state index contributed by atoms with van der Waals surface area (Å²) >= 11 is 0. The van der Waals surface area contributed by atoms with Gasteiger partial charge in [-0.2, -0.15) is 0 Å². The highest BCUT2D eigenvalue weighted by Crippen LogP contribution is 2.33. The summed E-state index contributed by atoms with van der Waals surface area (Å²) < 4.78 is 5.53. The van der Waals surface area contributed by atoms with Gasteiger partial charge in [0.1, 0.15) is 0 Å². The predicted octanol–water partition coefficient (Wildman–Crippen LogP) is 1.53. The number of likely N-dealkylation sites (tertiary alicyclic amines) is 1. The molecular formula is C14H26N2O2. The van der Waals surface area contributed by atoms with Crippen molar-refractivity contribution in [3.05, 3.63) is 0 Å². The molecule has 0 bridgehead atoms. The highest BCUT2D eigenvalue weighted by molar-refractivity contribution is 5.77. The van der Waals surface area contributed by atoms with Crippen molar-refractivity contribution in [2.75, 3.05) is 13.2 Å². The van der Waals surface area contributed by atoms with Gasteiger partial charge in [-0.15, -0.1) is 0 Å². The van der Waals surface area contributed by atoms with Crippen molar-refractivity contribution in [3.63, 3.8) is 0 Å². The molecule has 0 radical (unpaired) electrons. The van der Waals surface area contributed by atoms with E-state index >= 15 is 0 Å². The lowest BCUT2D eigenvalue weighted by molar-refractivity contribution is -0.137. The average molecular weight is 254 g/mol. The molecule has 1 saturated heterocycles. The third kappa shape index (κ3) is 3.23. The normalized spacial score (nSPS) is 36.3. The van der Waals surface area contributed by atoms with Crippen LogP contribution in [0.1, 0.15) is 46.0 Å². The number of amides is 1. The van der Waals surface area contributed by atoms with E-state index in [9.17, 15) is 4.79 Å². The van der Waals surface area contributed by atoms with Crippen LogP contribution in [0.2, 0.25) is 0 Å². The monoisotopic (exact) mass is 254 g/mol. The Morgan fingerprint density at radius 2 is 2.11 bits per heavy atom. The Balaban J connectivity index is 1.72. The number of rotatable bonds is 4. The van der Waals surface area contributed by atoms with Crippen molar-refractivity contribution >= 4 is 5.91 Å². The summed E-state index contributed by atoms with van der Waals surface area (Å²) in [6.07, 6.45) is 5.10. The molecule has 104 valence electrons. The van der Waals surface area contributed by atoms with Gasteiger partial charge in [0.2, 0.25) is 5.91 Å². The lowest BCUT2D eigenvalue weighted by Gasteiger charge is -2.39. The summed E-state index contributed by atoms with van der Waals surface area (Å²) in [4.78, 5) is 14.3. The Morgan fingerprint density at radius 3 is 2.72 bits per heavy atom. The minimum absolute atomic E-state index is 0.273. The molecule has 0 aromatic rings. The Hall–Kier alpha value is -0.610. The molecule has 0 aromatic heterocycles. The van der Waals surface area contributed by atoms with Gasteiger partial charge < -0.3 is 15.4 Å². The lowest BCUT2D eigenvalue weighted by Crippen LogP contribution is -2.49. The van der Waals surface area contributed by atoms with E-state index in [4.69, 9.17) is 10.5 Å². The fraction of sp³-hybridized carbons (Fsp3) is 0.929. The van der Waals surface area contributed by atoms with Gasteiger partial charge in [0, 0.05) is 31.7 Å². The number of piperidine rings is 1. The van der Waals surface area contributed by atoms with E-state index in [0.29, 0.717) is 30.4 Å². The van der Waals surface area contributed by atoms with Crippen LogP contribution in [0.3, 0.4) is 0 Å². The molecule has 4 nitrogen and oxygen atoms in total. The zero-order chi connectivity index (χ0) is 13.1. The largest absolute Gasteiger partial charge is 0.378 e. The van der Waals surface area contributed by atoms with Crippen LogP contribution >= 0.6 is 0 Å². The molecular weight excluding hydrogens is 228 g/mol. The van der Waals surface area contributed by atoms with E-state index < -0.39 is 0 Å². The molecule has 2 rings (SSSR count). The standard InChI is InChI=1S/C14H26N2O2/c1-3-18-13-7-11(8-13)9-14(17)16-5-4-12(15)6-10(16)2/h10-13H,3-9,15H2,1-2H3. The molecule has 0 spiro atoms. The number of hydrogen-bond acceptors (Lipinski definition) is 3. The molecule has 2 aliphatic rings. The average Bonchev–Trinajstić information content (AvgIpc) is 2.26. The third-order valence-electron chi connectivity index (χ3n) is 4.30. The zero-order valence-electron chi connectivity index (χ0n) is 11.6. The van der Waals surface area contributed by atoms with Crippen molar-refractivity contribution in [2.24, 2.45) is 11.7 Å². The number of ether oxygens (including phenoxy) is 1. The first-order valence-corrected chi connectivity index (χ1v) is 7.26. The Bertz CT molecular complexity index is 290. The second-order valence-electron chi connectivity index (χ2n) is 5.84. The Labute approximate surface area is 110 Å². The summed E-state index contributed by atoms with van der Waals surface area (Å²) in [5, 5.41) is 0. The van der Waals surface area contributed by atoms with Crippen LogP contribution in [0.4, 0.5) is 0 Å². The molecule has 1 amide bonds. The van der Waals surface area contributed by atoms with Gasteiger partial charge in [-0.25, -0.2) is 0 Å². The minimum atomic E-state index is 0.273. The van der Waals surface area contributed by atoms with Crippen molar-refractivity contribution in [3.8, 4) is 0 Å². The summed E-state index contributed by atoms with van der Waals surface area (Å²) in [6.45, 7) is 5.76. The van der Waals surface area contributed by atoms with Gasteiger partial charge in [0.25, 0.3) is 0 Å². The second-order valence-corrected chi connectivity index (χ2v) is 5.84. The van der Waals surface area contributed by atoms with Gasteiger partial charge in [0.15, 0.2) is 0 Å². The molecule has 0 aromatic carbocycles. The molecule has 2 atom stereocenters. The van der Waals surface area contributed by atoms with Crippen LogP contribution in [0.5, 0.6) is 0 Å². The predicted molar refractivity (Wildman–Crippen MR) is 71.1 cm³/mol. The number of carbonyl (C=O) groups excluding carboxylic acids is 1. The van der Waals surface area contributed by atoms with Gasteiger partial charge in [-0.1, -0.05) is 0 Å². The van der Waals surface area contributed by atoms with E-state index in [1.54, 1.807) is 0 Å². The topological polar surface area (TPSA) is 55.6 Å². The van der Waals surface area contributed by atoms with E-state index in [2.05, 4.69) is 6.92 Å². The molecule has 18 heavy (non-hydrogen) atoms. The van der Waals surface area contributed by atoms with Crippen LogP contribution in [-0.2, 0) is 9.53 Å². The molecule has 2 unspecified atom stereocenters. The first kappa shape index (κ1) is 13.8. The first-order valence-electron chi connectivity index (χ1n) is 7.26. The van der Waals surface area contributed by atoms with Crippen molar-refractivity contribution in [2.45, 2.75) is 64.1 Å². The lowest BCUT2D eigenvalue weighted by atomic mass is 9.79. The SMILES string of the molecule is CCOC1CC(CC(=O)N2CCC(N)CC2C)C1. The molecule has 1 heterocycles. The maximum Gasteiger partial charge on any atom is 0.223 e. The summed E-state index contributed by atoms with van der Waals surface area (Å²) in [5.74, 6) is 0.853. The highest BCUT2D eigenvalue weighted by Gasteiger charge is 2.34. The van der Waals surface area contributed by atoms with Gasteiger partial charge in [0.05, 0.1) is 6.10 Å². The van der Waals surface area contributed by atoms with Crippen LogP contribution in [0.25, 0.3) is 0 Å². The fourth-order valence-electron chi connectivity index (χ4n) is 3.16. The molecule has 4 heteroatoms. The fourth-order valence-corrected chi connectivity index (χ4v) is 3.16. The van der Waals surface area contributed by atoms with E-state index in [-0.39, 0.29) is 6.04 Å². The summed E-state index contributed by atoms with van der Waals surface area (Å²) in [5.41, 5.74) is 5.92. The maximum absolute atomic E-state index is 12.2. The highest BCUT2D eigenvalue weighted by atomic mass is 16.5. The minimum Gasteiger partial charge on any atom is -0.378 e. The van der Waals surface area contributed by atoms with Crippen molar-refractivity contribution < 1.29 is 9.53 Å². The number of carbonyl (C=O) groups is 1. The number of nitrogens with zero attached hydrogens (tertiary/aromatic N) is 1. The third-order valence-corrected chi connectivity index (χ3v) is 4.30. The zero-order valence-corrected chi connectivity index (χ0v) is 11.6. The van der Waals surface area contributed by atoms with E-state index in [1.807, 2.05) is 11.8 Å². The molecule has 1 aliphatic carbocycles. The quantitative estimate of drug-likeness (QED) is 0.827.